The first-order valence-electron chi connectivity index (χ1n) is 5.61. The van der Waals surface area contributed by atoms with Gasteiger partial charge in [0.25, 0.3) is 0 Å². The molecule has 70 valence electrons. The predicted octanol–water partition coefficient (Wildman–Crippen LogP) is 2.52. The first-order valence-corrected chi connectivity index (χ1v) is 5.61. The Morgan fingerprint density at radius 1 is 1.25 bits per heavy atom. The van der Waals surface area contributed by atoms with Crippen LogP contribution in [0.15, 0.2) is 0 Å². The van der Waals surface area contributed by atoms with E-state index in [0.29, 0.717) is 0 Å². The Kier molecular flexibility index (Phi) is 2.69. The monoisotopic (exact) mass is 167 g/mol. The molecule has 2 fully saturated rings. The summed E-state index contributed by atoms with van der Waals surface area (Å²) in [5.41, 5.74) is 0. The minimum Gasteiger partial charge on any atom is -0.303 e. The van der Waals surface area contributed by atoms with Gasteiger partial charge in [0.2, 0.25) is 0 Å². The topological polar surface area (TPSA) is 3.24 Å². The van der Waals surface area contributed by atoms with Crippen molar-refractivity contribution in [3.05, 3.63) is 0 Å². The van der Waals surface area contributed by atoms with Crippen molar-refractivity contribution < 1.29 is 0 Å². The van der Waals surface area contributed by atoms with E-state index in [1.807, 2.05) is 0 Å². The molecule has 0 aliphatic carbocycles. The third-order valence-corrected chi connectivity index (χ3v) is 3.70. The second-order valence-electron chi connectivity index (χ2n) is 4.61. The molecule has 0 amide bonds. The van der Waals surface area contributed by atoms with E-state index in [0.717, 1.165) is 11.8 Å². The van der Waals surface area contributed by atoms with Gasteiger partial charge in [-0.3, -0.25) is 0 Å². The van der Waals surface area contributed by atoms with Crippen LogP contribution < -0.4 is 0 Å². The maximum Gasteiger partial charge on any atom is 0.000966 e. The highest BCUT2D eigenvalue weighted by Crippen LogP contribution is 2.30. The Hall–Kier alpha value is -0.0400. The van der Waals surface area contributed by atoms with Crippen LogP contribution in [0.25, 0.3) is 0 Å². The van der Waals surface area contributed by atoms with Crippen LogP contribution in [0.3, 0.4) is 0 Å². The number of hydrogen-bond donors (Lipinski definition) is 0. The molecule has 0 N–H and O–H groups in total. The van der Waals surface area contributed by atoms with Gasteiger partial charge in [0.1, 0.15) is 0 Å². The van der Waals surface area contributed by atoms with E-state index in [9.17, 15) is 0 Å². The van der Waals surface area contributed by atoms with Crippen molar-refractivity contribution in [2.45, 2.75) is 39.0 Å². The first-order chi connectivity index (χ1) is 5.88. The van der Waals surface area contributed by atoms with Gasteiger partial charge in [0, 0.05) is 6.54 Å². The summed E-state index contributed by atoms with van der Waals surface area (Å²) in [5.74, 6) is 2.08. The third kappa shape index (κ3) is 1.82. The zero-order valence-electron chi connectivity index (χ0n) is 8.26. The molecule has 12 heavy (non-hydrogen) atoms. The zero-order chi connectivity index (χ0) is 8.39. The van der Waals surface area contributed by atoms with Crippen LogP contribution in [-0.2, 0) is 0 Å². The summed E-state index contributed by atoms with van der Waals surface area (Å²) in [6.45, 7) is 6.52. The fourth-order valence-electron chi connectivity index (χ4n) is 2.85. The van der Waals surface area contributed by atoms with Gasteiger partial charge in [-0.05, 0) is 50.6 Å². The van der Waals surface area contributed by atoms with Gasteiger partial charge in [-0.2, -0.15) is 0 Å². The van der Waals surface area contributed by atoms with Gasteiger partial charge in [0.15, 0.2) is 0 Å². The Morgan fingerprint density at radius 3 is 3.00 bits per heavy atom. The van der Waals surface area contributed by atoms with E-state index in [1.54, 1.807) is 0 Å². The molecule has 2 bridgehead atoms. The van der Waals surface area contributed by atoms with Crippen LogP contribution in [0.1, 0.15) is 39.0 Å². The van der Waals surface area contributed by atoms with Crippen LogP contribution in [0, 0.1) is 11.8 Å². The van der Waals surface area contributed by atoms with E-state index in [2.05, 4.69) is 11.8 Å². The summed E-state index contributed by atoms with van der Waals surface area (Å²) in [5, 5.41) is 0. The zero-order valence-corrected chi connectivity index (χ0v) is 8.26. The highest BCUT2D eigenvalue weighted by atomic mass is 15.1. The van der Waals surface area contributed by atoms with Gasteiger partial charge in [0.05, 0.1) is 0 Å². The van der Waals surface area contributed by atoms with Crippen LogP contribution in [0.2, 0.25) is 0 Å². The summed E-state index contributed by atoms with van der Waals surface area (Å²) >= 11 is 0. The highest BCUT2D eigenvalue weighted by molar-refractivity contribution is 4.79. The average molecular weight is 167 g/mol. The maximum atomic E-state index is 2.70. The van der Waals surface area contributed by atoms with Gasteiger partial charge in [-0.15, -0.1) is 0 Å². The van der Waals surface area contributed by atoms with Crippen molar-refractivity contribution in [2.75, 3.05) is 19.6 Å². The Bertz CT molecular complexity index is 130. The molecular weight excluding hydrogens is 146 g/mol. The van der Waals surface area contributed by atoms with E-state index >= 15 is 0 Å². The molecule has 2 heterocycles. The van der Waals surface area contributed by atoms with Gasteiger partial charge in [-0.1, -0.05) is 13.3 Å². The van der Waals surface area contributed by atoms with E-state index in [4.69, 9.17) is 0 Å². The van der Waals surface area contributed by atoms with E-state index < -0.39 is 0 Å². The molecule has 2 aliphatic rings. The Balaban J connectivity index is 2.01. The predicted molar refractivity (Wildman–Crippen MR) is 52.2 cm³/mol. The second kappa shape index (κ2) is 3.78. The maximum absolute atomic E-state index is 2.70. The summed E-state index contributed by atoms with van der Waals surface area (Å²) < 4.78 is 0. The largest absolute Gasteiger partial charge is 0.303 e. The van der Waals surface area contributed by atoms with Crippen LogP contribution >= 0.6 is 0 Å². The lowest BCUT2D eigenvalue weighted by molar-refractivity contribution is 0.231. The molecule has 0 aromatic heterocycles. The van der Waals surface area contributed by atoms with Crippen molar-refractivity contribution in [3.63, 3.8) is 0 Å². The lowest BCUT2D eigenvalue weighted by atomic mass is 9.88. The minimum absolute atomic E-state index is 1.01. The van der Waals surface area contributed by atoms with Crippen molar-refractivity contribution in [1.29, 1.82) is 0 Å². The second-order valence-corrected chi connectivity index (χ2v) is 4.61. The van der Waals surface area contributed by atoms with Crippen molar-refractivity contribution >= 4 is 0 Å². The minimum atomic E-state index is 1.01. The molecule has 1 nitrogen and oxygen atoms in total. The molecule has 0 spiro atoms. The molecule has 0 radical (unpaired) electrons. The van der Waals surface area contributed by atoms with E-state index in [1.165, 1.54) is 51.7 Å². The SMILES string of the molecule is CCC1CC2CCCN(CC2)C1. The molecule has 2 saturated heterocycles. The summed E-state index contributed by atoms with van der Waals surface area (Å²) in [4.78, 5) is 2.70. The smallest absolute Gasteiger partial charge is 0.000966 e. The summed E-state index contributed by atoms with van der Waals surface area (Å²) in [6.07, 6.45) is 7.37. The molecular formula is C11H21N. The third-order valence-electron chi connectivity index (χ3n) is 3.70. The lowest BCUT2D eigenvalue weighted by Crippen LogP contribution is -2.29. The number of hydrogen-bond acceptors (Lipinski definition) is 1. The summed E-state index contributed by atoms with van der Waals surface area (Å²) in [7, 11) is 0. The number of rotatable bonds is 1. The average Bonchev–Trinajstić information content (AvgIpc) is 2.35. The lowest BCUT2D eigenvalue weighted by Gasteiger charge is -2.25. The molecule has 0 aromatic carbocycles. The molecule has 0 aromatic rings. The fraction of sp³-hybridized carbons (Fsp3) is 1.00. The summed E-state index contributed by atoms with van der Waals surface area (Å²) in [6, 6.07) is 0. The van der Waals surface area contributed by atoms with Crippen LogP contribution in [-0.4, -0.2) is 24.5 Å². The highest BCUT2D eigenvalue weighted by Gasteiger charge is 2.25. The van der Waals surface area contributed by atoms with Crippen molar-refractivity contribution in [1.82, 2.24) is 4.90 Å². The molecule has 3 atom stereocenters. The van der Waals surface area contributed by atoms with Crippen LogP contribution in [0.4, 0.5) is 0 Å². The van der Waals surface area contributed by atoms with Crippen molar-refractivity contribution in [3.8, 4) is 0 Å². The van der Waals surface area contributed by atoms with Gasteiger partial charge >= 0.3 is 0 Å². The standard InChI is InChI=1S/C11H21N/c1-2-10-8-11-4-3-6-12(9-10)7-5-11/h10-11H,2-9H2,1H3. The molecule has 1 heteroatoms. The quantitative estimate of drug-likeness (QED) is 0.580. The molecule has 2 rings (SSSR count). The number of nitrogens with zero attached hydrogens (tertiary/aromatic N) is 1. The molecule has 2 aliphatic heterocycles. The Morgan fingerprint density at radius 2 is 2.17 bits per heavy atom. The van der Waals surface area contributed by atoms with E-state index in [-0.39, 0.29) is 0 Å². The fourth-order valence-corrected chi connectivity index (χ4v) is 2.85. The van der Waals surface area contributed by atoms with Crippen molar-refractivity contribution in [2.24, 2.45) is 11.8 Å². The van der Waals surface area contributed by atoms with Gasteiger partial charge < -0.3 is 4.90 Å². The molecule has 3 unspecified atom stereocenters. The van der Waals surface area contributed by atoms with Crippen LogP contribution in [0.5, 0.6) is 0 Å². The number of fused-ring (bicyclic) bond motifs is 3. The Labute approximate surface area is 76.1 Å². The molecule has 0 saturated carbocycles. The normalized spacial score (nSPS) is 42.2. The van der Waals surface area contributed by atoms with Gasteiger partial charge in [-0.25, -0.2) is 0 Å². The first kappa shape index (κ1) is 8.55.